The van der Waals surface area contributed by atoms with E-state index >= 15 is 0 Å². The first-order valence-corrected chi connectivity index (χ1v) is 9.18. The Morgan fingerprint density at radius 1 is 0.800 bits per heavy atom. The molecule has 0 spiro atoms. The lowest BCUT2D eigenvalue weighted by atomic mass is 10.1. The standard InChI is InChI=1S/C22H15N5O3/c28-19(23-16-10-11-17-18(12-16)25-22(29)24-17)13-6-8-15(9-7-13)21-27-26-20(30-21)14-4-2-1-3-5-14/h1-12H,(H,23,28)(H2,24,25,29). The maximum Gasteiger partial charge on any atom is 0.323 e. The minimum absolute atomic E-state index is 0.269. The molecule has 0 bridgehead atoms. The van der Waals surface area contributed by atoms with E-state index in [9.17, 15) is 9.59 Å². The fourth-order valence-corrected chi connectivity index (χ4v) is 3.12. The van der Waals surface area contributed by atoms with Crippen LogP contribution in [0.15, 0.2) is 82.0 Å². The number of benzene rings is 3. The number of carbonyl (C=O) groups excluding carboxylic acids is 1. The number of aromatic nitrogens is 4. The molecule has 0 atom stereocenters. The fourth-order valence-electron chi connectivity index (χ4n) is 3.12. The number of rotatable bonds is 4. The number of hydrogen-bond donors (Lipinski definition) is 3. The fraction of sp³-hybridized carbons (Fsp3) is 0. The van der Waals surface area contributed by atoms with Crippen LogP contribution < -0.4 is 11.0 Å². The molecule has 1 amide bonds. The van der Waals surface area contributed by atoms with Crippen molar-refractivity contribution >= 4 is 22.6 Å². The molecule has 0 saturated heterocycles. The maximum atomic E-state index is 12.6. The van der Waals surface area contributed by atoms with Crippen molar-refractivity contribution in [3.63, 3.8) is 0 Å². The Bertz CT molecular complexity index is 1400. The van der Waals surface area contributed by atoms with Gasteiger partial charge in [0.25, 0.3) is 5.91 Å². The second-order valence-corrected chi connectivity index (χ2v) is 6.65. The van der Waals surface area contributed by atoms with Gasteiger partial charge in [-0.15, -0.1) is 10.2 Å². The van der Waals surface area contributed by atoms with Gasteiger partial charge in [0.2, 0.25) is 11.8 Å². The van der Waals surface area contributed by atoms with Crippen molar-refractivity contribution in [1.82, 2.24) is 20.2 Å². The first kappa shape index (κ1) is 17.6. The van der Waals surface area contributed by atoms with Crippen LogP contribution in [-0.4, -0.2) is 26.1 Å². The van der Waals surface area contributed by atoms with Crippen molar-refractivity contribution in [2.45, 2.75) is 0 Å². The zero-order chi connectivity index (χ0) is 20.5. The highest BCUT2D eigenvalue weighted by molar-refractivity contribution is 6.05. The van der Waals surface area contributed by atoms with Crippen LogP contribution in [-0.2, 0) is 0 Å². The molecule has 5 aromatic rings. The molecule has 2 aromatic heterocycles. The first-order valence-electron chi connectivity index (χ1n) is 9.18. The normalized spacial score (nSPS) is 10.9. The number of nitrogens with zero attached hydrogens (tertiary/aromatic N) is 2. The summed E-state index contributed by atoms with van der Waals surface area (Å²) in [5.74, 6) is 0.544. The molecule has 0 aliphatic rings. The number of H-pyrrole nitrogens is 2. The van der Waals surface area contributed by atoms with Crippen molar-refractivity contribution in [2.75, 3.05) is 5.32 Å². The van der Waals surface area contributed by atoms with E-state index in [0.29, 0.717) is 39.6 Å². The molecule has 0 aliphatic carbocycles. The van der Waals surface area contributed by atoms with Crippen LogP contribution in [0.2, 0.25) is 0 Å². The van der Waals surface area contributed by atoms with E-state index in [1.807, 2.05) is 30.3 Å². The number of hydrogen-bond acceptors (Lipinski definition) is 5. The monoisotopic (exact) mass is 397 g/mol. The molecule has 3 N–H and O–H groups in total. The minimum Gasteiger partial charge on any atom is -0.416 e. The van der Waals surface area contributed by atoms with Gasteiger partial charge < -0.3 is 19.7 Å². The number of nitrogens with one attached hydrogen (secondary N) is 3. The topological polar surface area (TPSA) is 117 Å². The summed E-state index contributed by atoms with van der Waals surface area (Å²) in [6.07, 6.45) is 0. The number of imidazole rings is 1. The van der Waals surface area contributed by atoms with Gasteiger partial charge in [-0.25, -0.2) is 4.79 Å². The van der Waals surface area contributed by atoms with Crippen LogP contribution in [0.25, 0.3) is 33.9 Å². The number of aromatic amines is 2. The number of carbonyl (C=O) groups is 1. The molecule has 0 aliphatic heterocycles. The third kappa shape index (κ3) is 3.37. The van der Waals surface area contributed by atoms with Crippen LogP contribution in [0.4, 0.5) is 5.69 Å². The molecule has 5 rings (SSSR count). The largest absolute Gasteiger partial charge is 0.416 e. The third-order valence-electron chi connectivity index (χ3n) is 4.61. The maximum absolute atomic E-state index is 12.6. The van der Waals surface area contributed by atoms with Crippen molar-refractivity contribution in [3.05, 3.63) is 88.8 Å². The SMILES string of the molecule is O=C(Nc1ccc2[nH]c(=O)[nH]c2c1)c1ccc(-c2nnc(-c3ccccc3)o2)cc1. The molecule has 0 saturated carbocycles. The van der Waals surface area contributed by atoms with Gasteiger partial charge in [0, 0.05) is 22.4 Å². The van der Waals surface area contributed by atoms with Gasteiger partial charge in [-0.2, -0.15) is 0 Å². The van der Waals surface area contributed by atoms with Gasteiger partial charge in [-0.3, -0.25) is 4.79 Å². The lowest BCUT2D eigenvalue weighted by Crippen LogP contribution is -2.11. The number of amides is 1. The van der Waals surface area contributed by atoms with Crippen molar-refractivity contribution in [2.24, 2.45) is 0 Å². The molecule has 0 fully saturated rings. The highest BCUT2D eigenvalue weighted by atomic mass is 16.4. The highest BCUT2D eigenvalue weighted by Crippen LogP contribution is 2.24. The Hall–Kier alpha value is -4.46. The van der Waals surface area contributed by atoms with E-state index < -0.39 is 0 Å². The van der Waals surface area contributed by atoms with E-state index in [4.69, 9.17) is 4.42 Å². The van der Waals surface area contributed by atoms with E-state index in [0.717, 1.165) is 5.56 Å². The number of fused-ring (bicyclic) bond motifs is 1. The Labute approximate surface area is 169 Å². The lowest BCUT2D eigenvalue weighted by molar-refractivity contribution is 0.102. The summed E-state index contributed by atoms with van der Waals surface area (Å²) in [4.78, 5) is 29.2. The van der Waals surface area contributed by atoms with Gasteiger partial charge in [-0.05, 0) is 54.6 Å². The molecule has 3 aromatic carbocycles. The Kier molecular flexibility index (Phi) is 4.21. The molecule has 8 heteroatoms. The summed E-state index contributed by atoms with van der Waals surface area (Å²) in [6.45, 7) is 0. The van der Waals surface area contributed by atoms with E-state index in [1.54, 1.807) is 42.5 Å². The van der Waals surface area contributed by atoms with Crippen molar-refractivity contribution in [1.29, 1.82) is 0 Å². The van der Waals surface area contributed by atoms with E-state index in [1.165, 1.54) is 0 Å². The summed E-state index contributed by atoms with van der Waals surface area (Å²) >= 11 is 0. The summed E-state index contributed by atoms with van der Waals surface area (Å²) in [5.41, 5.74) is 3.62. The van der Waals surface area contributed by atoms with Crippen LogP contribution in [0.1, 0.15) is 10.4 Å². The van der Waals surface area contributed by atoms with Crippen LogP contribution >= 0.6 is 0 Å². The van der Waals surface area contributed by atoms with Crippen LogP contribution in [0.3, 0.4) is 0 Å². The molecular weight excluding hydrogens is 382 g/mol. The lowest BCUT2D eigenvalue weighted by Gasteiger charge is -2.06. The van der Waals surface area contributed by atoms with Crippen LogP contribution in [0.5, 0.6) is 0 Å². The molecule has 0 radical (unpaired) electrons. The molecule has 30 heavy (non-hydrogen) atoms. The zero-order valence-corrected chi connectivity index (χ0v) is 15.5. The van der Waals surface area contributed by atoms with Gasteiger partial charge in [0.15, 0.2) is 0 Å². The van der Waals surface area contributed by atoms with Crippen molar-refractivity contribution in [3.8, 4) is 22.9 Å². The van der Waals surface area contributed by atoms with Gasteiger partial charge >= 0.3 is 5.69 Å². The highest BCUT2D eigenvalue weighted by Gasteiger charge is 2.12. The Morgan fingerprint density at radius 2 is 1.47 bits per heavy atom. The third-order valence-corrected chi connectivity index (χ3v) is 4.61. The van der Waals surface area contributed by atoms with Crippen molar-refractivity contribution < 1.29 is 9.21 Å². The Balaban J connectivity index is 1.33. The van der Waals surface area contributed by atoms with Gasteiger partial charge in [0.1, 0.15) is 0 Å². The average Bonchev–Trinajstić information content (AvgIpc) is 3.40. The average molecular weight is 397 g/mol. The van der Waals surface area contributed by atoms with Gasteiger partial charge in [0.05, 0.1) is 11.0 Å². The molecular formula is C22H15N5O3. The first-order chi connectivity index (χ1) is 14.7. The second-order valence-electron chi connectivity index (χ2n) is 6.65. The molecule has 146 valence electrons. The predicted molar refractivity (Wildman–Crippen MR) is 112 cm³/mol. The second kappa shape index (κ2) is 7.17. The summed E-state index contributed by atoms with van der Waals surface area (Å²) in [7, 11) is 0. The summed E-state index contributed by atoms with van der Waals surface area (Å²) < 4.78 is 5.74. The van der Waals surface area contributed by atoms with E-state index in [-0.39, 0.29) is 11.6 Å². The van der Waals surface area contributed by atoms with Crippen LogP contribution in [0, 0.1) is 0 Å². The summed E-state index contributed by atoms with van der Waals surface area (Å²) in [6, 6.07) is 21.5. The summed E-state index contributed by atoms with van der Waals surface area (Å²) in [5, 5.41) is 11.0. The molecule has 0 unspecified atom stereocenters. The number of anilines is 1. The Morgan fingerprint density at radius 3 is 2.20 bits per heavy atom. The van der Waals surface area contributed by atoms with E-state index in [2.05, 4.69) is 25.5 Å². The quantitative estimate of drug-likeness (QED) is 0.426. The molecule has 8 nitrogen and oxygen atoms in total. The minimum atomic E-state index is -0.291. The smallest absolute Gasteiger partial charge is 0.323 e. The predicted octanol–water partition coefficient (Wildman–Crippen LogP) is 3.83. The molecule has 2 heterocycles. The van der Waals surface area contributed by atoms with Gasteiger partial charge in [-0.1, -0.05) is 18.2 Å². The zero-order valence-electron chi connectivity index (χ0n) is 15.5.